The fourth-order valence-electron chi connectivity index (χ4n) is 2.74. The summed E-state index contributed by atoms with van der Waals surface area (Å²) in [7, 11) is 3.61. The van der Waals surface area contributed by atoms with Crippen molar-refractivity contribution >= 4 is 5.57 Å². The summed E-state index contributed by atoms with van der Waals surface area (Å²) in [4.78, 5) is 2.00. The van der Waals surface area contributed by atoms with Crippen LogP contribution in [0.3, 0.4) is 0 Å². The number of allylic oxidation sites excluding steroid dienone is 1. The predicted octanol–water partition coefficient (Wildman–Crippen LogP) is 3.42. The first-order valence-electron chi connectivity index (χ1n) is 6.83. The molecule has 0 unspecified atom stereocenters. The van der Waals surface area contributed by atoms with Crippen LogP contribution in [0, 0.1) is 11.3 Å². The molecule has 0 aromatic heterocycles. The zero-order valence-corrected chi connectivity index (χ0v) is 12.1. The first-order valence-corrected chi connectivity index (χ1v) is 6.83. The van der Waals surface area contributed by atoms with Gasteiger partial charge in [0.2, 0.25) is 0 Å². The molecule has 0 atom stereocenters. The maximum atomic E-state index is 9.56. The molecule has 2 aromatic carbocycles. The lowest BCUT2D eigenvalue weighted by Gasteiger charge is -2.29. The predicted molar refractivity (Wildman–Crippen MR) is 82.5 cm³/mol. The topological polar surface area (TPSA) is 36.3 Å². The van der Waals surface area contributed by atoms with E-state index in [4.69, 9.17) is 4.74 Å². The van der Waals surface area contributed by atoms with E-state index in [9.17, 15) is 5.26 Å². The molecular weight excluding hydrogens is 260 g/mol. The van der Waals surface area contributed by atoms with E-state index < -0.39 is 0 Å². The number of nitrogens with zero attached hydrogens (tertiary/aromatic N) is 2. The fourth-order valence-corrected chi connectivity index (χ4v) is 2.74. The summed E-state index contributed by atoms with van der Waals surface area (Å²) in [6.45, 7) is 0.735. The molecule has 3 nitrogen and oxygen atoms in total. The third-order valence-corrected chi connectivity index (χ3v) is 3.78. The molecule has 0 bridgehead atoms. The number of fused-ring (bicyclic) bond motifs is 1. The molecule has 0 saturated carbocycles. The average Bonchev–Trinajstić information content (AvgIpc) is 2.54. The molecule has 3 heteroatoms. The monoisotopic (exact) mass is 276 g/mol. The molecule has 1 heterocycles. The van der Waals surface area contributed by atoms with E-state index >= 15 is 0 Å². The van der Waals surface area contributed by atoms with Crippen molar-refractivity contribution in [2.75, 3.05) is 14.2 Å². The molecule has 1 aliphatic heterocycles. The van der Waals surface area contributed by atoms with Crippen LogP contribution in [0.25, 0.3) is 5.57 Å². The van der Waals surface area contributed by atoms with Crippen molar-refractivity contribution in [3.8, 4) is 11.8 Å². The lowest BCUT2D eigenvalue weighted by molar-refractivity contribution is 0.409. The van der Waals surface area contributed by atoms with Gasteiger partial charge < -0.3 is 9.64 Å². The SMILES string of the molecule is COc1ccc2c(c1)C(c1ccccc1)=C(C#N)N(C)C2. The van der Waals surface area contributed by atoms with Gasteiger partial charge in [-0.25, -0.2) is 0 Å². The second-order valence-corrected chi connectivity index (χ2v) is 5.08. The number of hydrogen-bond donors (Lipinski definition) is 0. The van der Waals surface area contributed by atoms with Crippen LogP contribution >= 0.6 is 0 Å². The molecule has 1 aliphatic rings. The van der Waals surface area contributed by atoms with Crippen LogP contribution in [0.4, 0.5) is 0 Å². The molecule has 0 fully saturated rings. The van der Waals surface area contributed by atoms with Gasteiger partial charge in [-0.05, 0) is 28.8 Å². The zero-order chi connectivity index (χ0) is 14.8. The molecule has 0 radical (unpaired) electrons. The number of ether oxygens (including phenoxy) is 1. The Morgan fingerprint density at radius 3 is 2.57 bits per heavy atom. The summed E-state index contributed by atoms with van der Waals surface area (Å²) in [6.07, 6.45) is 0. The Labute approximate surface area is 124 Å². The molecule has 3 rings (SSSR count). The van der Waals surface area contributed by atoms with Crippen LogP contribution in [0.2, 0.25) is 0 Å². The van der Waals surface area contributed by atoms with E-state index in [-0.39, 0.29) is 0 Å². The van der Waals surface area contributed by atoms with Gasteiger partial charge in [-0.15, -0.1) is 0 Å². The Balaban J connectivity index is 2.29. The Kier molecular flexibility index (Phi) is 3.37. The standard InChI is InChI=1S/C18H16N2O/c1-20-12-14-8-9-15(21-2)10-16(14)18(17(20)11-19)13-6-4-3-5-7-13/h3-10H,12H2,1-2H3. The smallest absolute Gasteiger partial charge is 0.124 e. The van der Waals surface area contributed by atoms with Crippen molar-refractivity contribution in [2.24, 2.45) is 0 Å². The number of nitriles is 1. The Hall–Kier alpha value is -2.73. The zero-order valence-electron chi connectivity index (χ0n) is 12.1. The highest BCUT2D eigenvalue weighted by Crippen LogP contribution is 2.37. The maximum absolute atomic E-state index is 9.56. The van der Waals surface area contributed by atoms with E-state index in [2.05, 4.69) is 12.1 Å². The van der Waals surface area contributed by atoms with E-state index in [0.29, 0.717) is 5.70 Å². The third-order valence-electron chi connectivity index (χ3n) is 3.78. The number of rotatable bonds is 2. The van der Waals surface area contributed by atoms with Gasteiger partial charge in [-0.1, -0.05) is 36.4 Å². The quantitative estimate of drug-likeness (QED) is 0.843. The van der Waals surface area contributed by atoms with Gasteiger partial charge in [0.05, 0.1) is 7.11 Å². The average molecular weight is 276 g/mol. The van der Waals surface area contributed by atoms with Crippen molar-refractivity contribution in [3.63, 3.8) is 0 Å². The summed E-state index contributed by atoms with van der Waals surface area (Å²) >= 11 is 0. The maximum Gasteiger partial charge on any atom is 0.124 e. The molecule has 0 amide bonds. The summed E-state index contributed by atoms with van der Waals surface area (Å²) in [5, 5.41) is 9.56. The minimum absolute atomic E-state index is 0.696. The molecule has 21 heavy (non-hydrogen) atoms. The van der Waals surface area contributed by atoms with Crippen LogP contribution < -0.4 is 4.74 Å². The van der Waals surface area contributed by atoms with Crippen molar-refractivity contribution in [1.29, 1.82) is 5.26 Å². The molecule has 0 saturated heterocycles. The second kappa shape index (κ2) is 5.34. The van der Waals surface area contributed by atoms with E-state index in [1.807, 2.05) is 54.4 Å². The van der Waals surface area contributed by atoms with Gasteiger partial charge in [0.15, 0.2) is 0 Å². The highest BCUT2D eigenvalue weighted by molar-refractivity contribution is 5.86. The van der Waals surface area contributed by atoms with E-state index in [1.54, 1.807) is 7.11 Å². The van der Waals surface area contributed by atoms with Crippen LogP contribution in [-0.4, -0.2) is 19.1 Å². The van der Waals surface area contributed by atoms with Crippen molar-refractivity contribution in [3.05, 3.63) is 70.9 Å². The lowest BCUT2D eigenvalue weighted by Crippen LogP contribution is -2.23. The van der Waals surface area contributed by atoms with Gasteiger partial charge in [0.25, 0.3) is 0 Å². The molecule has 0 aliphatic carbocycles. The minimum Gasteiger partial charge on any atom is -0.497 e. The lowest BCUT2D eigenvalue weighted by atomic mass is 9.89. The highest BCUT2D eigenvalue weighted by atomic mass is 16.5. The first-order chi connectivity index (χ1) is 10.2. The van der Waals surface area contributed by atoms with E-state index in [1.165, 1.54) is 5.56 Å². The van der Waals surface area contributed by atoms with Gasteiger partial charge in [-0.3, -0.25) is 0 Å². The normalized spacial score (nSPS) is 13.7. The van der Waals surface area contributed by atoms with Gasteiger partial charge in [-0.2, -0.15) is 5.26 Å². The van der Waals surface area contributed by atoms with Crippen LogP contribution in [0.5, 0.6) is 5.75 Å². The minimum atomic E-state index is 0.696. The fraction of sp³-hybridized carbons (Fsp3) is 0.167. The summed E-state index contributed by atoms with van der Waals surface area (Å²) in [5.41, 5.74) is 5.00. The Morgan fingerprint density at radius 2 is 1.90 bits per heavy atom. The number of methoxy groups -OCH3 is 1. The van der Waals surface area contributed by atoms with Gasteiger partial charge >= 0.3 is 0 Å². The van der Waals surface area contributed by atoms with Crippen molar-refractivity contribution < 1.29 is 4.74 Å². The summed E-state index contributed by atoms with van der Waals surface area (Å²) < 4.78 is 5.34. The van der Waals surface area contributed by atoms with Crippen LogP contribution in [-0.2, 0) is 6.54 Å². The Bertz CT molecular complexity index is 742. The summed E-state index contributed by atoms with van der Waals surface area (Å²) in [6, 6.07) is 18.4. The first kappa shape index (κ1) is 13.3. The van der Waals surface area contributed by atoms with E-state index in [0.717, 1.165) is 29.0 Å². The molecule has 0 N–H and O–H groups in total. The number of benzene rings is 2. The largest absolute Gasteiger partial charge is 0.497 e. The third kappa shape index (κ3) is 2.25. The van der Waals surface area contributed by atoms with Crippen molar-refractivity contribution in [2.45, 2.75) is 6.54 Å². The van der Waals surface area contributed by atoms with Crippen LogP contribution in [0.1, 0.15) is 16.7 Å². The van der Waals surface area contributed by atoms with Crippen LogP contribution in [0.15, 0.2) is 54.2 Å². The Morgan fingerprint density at radius 1 is 1.14 bits per heavy atom. The molecule has 104 valence electrons. The van der Waals surface area contributed by atoms with Gasteiger partial charge in [0.1, 0.15) is 17.5 Å². The molecule has 0 spiro atoms. The highest BCUT2D eigenvalue weighted by Gasteiger charge is 2.24. The van der Waals surface area contributed by atoms with Crippen molar-refractivity contribution in [1.82, 2.24) is 4.90 Å². The molecule has 2 aromatic rings. The van der Waals surface area contributed by atoms with Gasteiger partial charge in [0, 0.05) is 19.2 Å². The molecular formula is C18H16N2O. The second-order valence-electron chi connectivity index (χ2n) is 5.08. The summed E-state index contributed by atoms with van der Waals surface area (Å²) in [5.74, 6) is 0.809. The number of hydrogen-bond acceptors (Lipinski definition) is 3.